The molecule has 0 saturated carbocycles. The fourth-order valence-corrected chi connectivity index (χ4v) is 4.12. The number of nitrogens with one attached hydrogen (secondary N) is 1. The topological polar surface area (TPSA) is 64.6 Å². The fraction of sp³-hybridized carbons (Fsp3) is 0.500. The zero-order valence-corrected chi connectivity index (χ0v) is 17.3. The molecule has 2 saturated heterocycles. The van der Waals surface area contributed by atoms with Gasteiger partial charge in [0.15, 0.2) is 11.6 Å². The summed E-state index contributed by atoms with van der Waals surface area (Å²) in [4.78, 5) is 19.0. The minimum atomic E-state index is -0.0422. The Hall–Kier alpha value is -2.83. The first kappa shape index (κ1) is 19.5. The first-order chi connectivity index (χ1) is 14.1. The van der Waals surface area contributed by atoms with E-state index in [-0.39, 0.29) is 6.03 Å². The van der Waals surface area contributed by atoms with Crippen molar-refractivity contribution < 1.29 is 4.79 Å². The van der Waals surface area contributed by atoms with Crippen LogP contribution in [0.25, 0.3) is 0 Å². The molecule has 0 bridgehead atoms. The predicted octanol–water partition coefficient (Wildman–Crippen LogP) is 3.52. The second-order valence-corrected chi connectivity index (χ2v) is 8.01. The summed E-state index contributed by atoms with van der Waals surface area (Å²) in [5.74, 6) is 1.86. The summed E-state index contributed by atoms with van der Waals surface area (Å²) in [5.41, 5.74) is 1.94. The van der Waals surface area contributed by atoms with Crippen LogP contribution in [0, 0.1) is 6.92 Å². The molecule has 4 rings (SSSR count). The summed E-state index contributed by atoms with van der Waals surface area (Å²) in [7, 11) is 0. The number of carbonyl (C=O) groups is 1. The van der Waals surface area contributed by atoms with Crippen molar-refractivity contribution in [2.45, 2.75) is 39.2 Å². The van der Waals surface area contributed by atoms with Crippen molar-refractivity contribution in [2.75, 3.05) is 47.8 Å². The van der Waals surface area contributed by atoms with Crippen molar-refractivity contribution in [1.29, 1.82) is 0 Å². The zero-order valence-electron chi connectivity index (χ0n) is 17.3. The van der Waals surface area contributed by atoms with Crippen LogP contribution in [0.5, 0.6) is 0 Å². The van der Waals surface area contributed by atoms with E-state index in [4.69, 9.17) is 0 Å². The van der Waals surface area contributed by atoms with Gasteiger partial charge in [-0.3, -0.25) is 0 Å². The Morgan fingerprint density at radius 2 is 1.69 bits per heavy atom. The maximum Gasteiger partial charge on any atom is 0.321 e. The number of aryl methyl sites for hydroxylation is 1. The molecule has 2 fully saturated rings. The van der Waals surface area contributed by atoms with E-state index in [2.05, 4.69) is 44.4 Å². The molecule has 3 heterocycles. The third-order valence-corrected chi connectivity index (χ3v) is 6.01. The monoisotopic (exact) mass is 394 g/mol. The molecule has 1 aromatic carbocycles. The molecular weight excluding hydrogens is 364 g/mol. The van der Waals surface area contributed by atoms with Crippen LogP contribution in [-0.4, -0.2) is 59.9 Å². The van der Waals surface area contributed by atoms with Crippen LogP contribution in [-0.2, 0) is 0 Å². The number of piperidine rings is 1. The van der Waals surface area contributed by atoms with Crippen molar-refractivity contribution >= 4 is 23.4 Å². The van der Waals surface area contributed by atoms with Gasteiger partial charge in [-0.2, -0.15) is 0 Å². The molecule has 7 nitrogen and oxygen atoms in total. The molecule has 1 N–H and O–H groups in total. The Morgan fingerprint density at radius 3 is 2.38 bits per heavy atom. The molecule has 29 heavy (non-hydrogen) atoms. The Kier molecular flexibility index (Phi) is 5.83. The number of hydrogen-bond donors (Lipinski definition) is 1. The average molecular weight is 395 g/mol. The normalized spacial score (nSPS) is 19.9. The Bertz CT molecular complexity index is 831. The van der Waals surface area contributed by atoms with E-state index in [1.165, 1.54) is 19.3 Å². The molecule has 2 aliphatic heterocycles. The van der Waals surface area contributed by atoms with Gasteiger partial charge in [0.2, 0.25) is 0 Å². The van der Waals surface area contributed by atoms with Crippen molar-refractivity contribution in [1.82, 2.24) is 15.1 Å². The minimum Gasteiger partial charge on any atom is -0.352 e. The molecule has 2 aromatic rings. The van der Waals surface area contributed by atoms with Gasteiger partial charge < -0.3 is 20.0 Å². The van der Waals surface area contributed by atoms with Crippen LogP contribution in [0.2, 0.25) is 0 Å². The number of piperazine rings is 1. The van der Waals surface area contributed by atoms with Crippen molar-refractivity contribution in [3.63, 3.8) is 0 Å². The Labute approximate surface area is 172 Å². The van der Waals surface area contributed by atoms with E-state index in [1.54, 1.807) is 0 Å². The van der Waals surface area contributed by atoms with Crippen molar-refractivity contribution in [3.8, 4) is 0 Å². The molecule has 7 heteroatoms. The second kappa shape index (κ2) is 8.68. The second-order valence-electron chi connectivity index (χ2n) is 8.01. The van der Waals surface area contributed by atoms with Gasteiger partial charge in [0.25, 0.3) is 0 Å². The van der Waals surface area contributed by atoms with E-state index in [1.807, 2.05) is 36.1 Å². The predicted molar refractivity (Wildman–Crippen MR) is 117 cm³/mol. The smallest absolute Gasteiger partial charge is 0.321 e. The summed E-state index contributed by atoms with van der Waals surface area (Å²) in [6, 6.07) is 12.5. The van der Waals surface area contributed by atoms with Gasteiger partial charge in [-0.05, 0) is 56.9 Å². The quantitative estimate of drug-likeness (QED) is 0.863. The summed E-state index contributed by atoms with van der Waals surface area (Å²) in [6.07, 6.45) is 3.74. The number of aromatic nitrogens is 2. The number of anilines is 3. The van der Waals surface area contributed by atoms with Gasteiger partial charge in [0.1, 0.15) is 0 Å². The van der Waals surface area contributed by atoms with Crippen LogP contribution in [0.15, 0.2) is 36.4 Å². The third kappa shape index (κ3) is 4.44. The van der Waals surface area contributed by atoms with E-state index in [0.29, 0.717) is 19.1 Å². The SMILES string of the molecule is Cc1ccccc1NC(=O)N1CCN(c2ccc(N3CCCCC3C)nn2)CC1. The highest BCUT2D eigenvalue weighted by molar-refractivity contribution is 5.90. The van der Waals surface area contributed by atoms with Crippen LogP contribution in [0.1, 0.15) is 31.7 Å². The average Bonchev–Trinajstić information content (AvgIpc) is 2.76. The lowest BCUT2D eigenvalue weighted by Crippen LogP contribution is -2.50. The summed E-state index contributed by atoms with van der Waals surface area (Å²) < 4.78 is 0. The number of urea groups is 1. The van der Waals surface area contributed by atoms with E-state index in [9.17, 15) is 4.79 Å². The van der Waals surface area contributed by atoms with E-state index < -0.39 is 0 Å². The lowest BCUT2D eigenvalue weighted by molar-refractivity contribution is 0.208. The highest BCUT2D eigenvalue weighted by atomic mass is 16.2. The maximum atomic E-state index is 12.6. The van der Waals surface area contributed by atoms with Gasteiger partial charge in [0, 0.05) is 44.5 Å². The van der Waals surface area contributed by atoms with E-state index >= 15 is 0 Å². The maximum absolute atomic E-state index is 12.6. The van der Waals surface area contributed by atoms with Crippen LogP contribution < -0.4 is 15.1 Å². The standard InChI is InChI=1S/C22H30N6O/c1-17-7-3-4-9-19(17)23-22(29)27-15-13-26(14-16-27)20-10-11-21(25-24-20)28-12-6-5-8-18(28)2/h3-4,7,9-11,18H,5-6,8,12-16H2,1-2H3,(H,23,29). The van der Waals surface area contributed by atoms with Crippen molar-refractivity contribution in [2.24, 2.45) is 0 Å². The Balaban J connectivity index is 1.32. The summed E-state index contributed by atoms with van der Waals surface area (Å²) >= 11 is 0. The largest absolute Gasteiger partial charge is 0.352 e. The third-order valence-electron chi connectivity index (χ3n) is 6.01. The lowest BCUT2D eigenvalue weighted by atomic mass is 10.0. The number of rotatable bonds is 3. The fourth-order valence-electron chi connectivity index (χ4n) is 4.12. The van der Waals surface area contributed by atoms with E-state index in [0.717, 1.165) is 42.5 Å². The zero-order chi connectivity index (χ0) is 20.2. The van der Waals surface area contributed by atoms with Gasteiger partial charge in [0.05, 0.1) is 0 Å². The molecule has 1 aromatic heterocycles. The van der Waals surface area contributed by atoms with Gasteiger partial charge in [-0.25, -0.2) is 4.79 Å². The highest BCUT2D eigenvalue weighted by Crippen LogP contribution is 2.24. The molecular formula is C22H30N6O. The molecule has 154 valence electrons. The minimum absolute atomic E-state index is 0.0422. The molecule has 2 aliphatic rings. The summed E-state index contributed by atoms with van der Waals surface area (Å²) in [6.45, 7) is 8.18. The van der Waals surface area contributed by atoms with Crippen LogP contribution in [0.4, 0.5) is 22.1 Å². The van der Waals surface area contributed by atoms with Crippen LogP contribution >= 0.6 is 0 Å². The molecule has 0 spiro atoms. The number of carbonyl (C=O) groups excluding carboxylic acids is 1. The number of para-hydroxylation sites is 1. The Morgan fingerprint density at radius 1 is 0.966 bits per heavy atom. The van der Waals surface area contributed by atoms with Gasteiger partial charge in [-0.15, -0.1) is 10.2 Å². The van der Waals surface area contributed by atoms with Crippen molar-refractivity contribution in [3.05, 3.63) is 42.0 Å². The van der Waals surface area contributed by atoms with Crippen LogP contribution in [0.3, 0.4) is 0 Å². The first-order valence-corrected chi connectivity index (χ1v) is 10.6. The number of hydrogen-bond acceptors (Lipinski definition) is 5. The van der Waals surface area contributed by atoms with Gasteiger partial charge in [-0.1, -0.05) is 18.2 Å². The lowest BCUT2D eigenvalue weighted by Gasteiger charge is -2.36. The first-order valence-electron chi connectivity index (χ1n) is 10.6. The van der Waals surface area contributed by atoms with Gasteiger partial charge >= 0.3 is 6.03 Å². The molecule has 0 aliphatic carbocycles. The number of benzene rings is 1. The number of nitrogens with zero attached hydrogens (tertiary/aromatic N) is 5. The molecule has 0 radical (unpaired) electrons. The molecule has 1 atom stereocenters. The summed E-state index contributed by atoms with van der Waals surface area (Å²) in [5, 5.41) is 12.0. The molecule has 2 amide bonds. The molecule has 1 unspecified atom stereocenters. The number of amides is 2. The highest BCUT2D eigenvalue weighted by Gasteiger charge is 2.24.